The quantitative estimate of drug-likeness (QED) is 0.0702. The lowest BCUT2D eigenvalue weighted by molar-refractivity contribution is -0.137. The molecule has 232 valence electrons. The molecule has 0 unspecified atom stereocenters. The number of unbranched alkanes of at least 4 members (excludes halogenated alkanes) is 6. The van der Waals surface area contributed by atoms with E-state index in [9.17, 15) is 19.1 Å². The number of rotatable bonds is 18. The van der Waals surface area contributed by atoms with Gasteiger partial charge < -0.3 is 24.1 Å². The molecule has 3 rings (SSSR count). The lowest BCUT2D eigenvalue weighted by atomic mass is 10.1. The zero-order chi connectivity index (χ0) is 31.4. The molecule has 0 spiro atoms. The zero-order valence-electron chi connectivity index (χ0n) is 24.9. The van der Waals surface area contributed by atoms with Crippen molar-refractivity contribution < 1.29 is 38.0 Å². The largest absolute Gasteiger partial charge is 0.505 e. The molecule has 3 aromatic rings. The van der Waals surface area contributed by atoms with Crippen molar-refractivity contribution in [1.82, 2.24) is 0 Å². The molecule has 0 saturated carbocycles. The number of hydrogen-bond acceptors (Lipinski definition) is 7. The van der Waals surface area contributed by atoms with Gasteiger partial charge in [-0.05, 0) is 118 Å². The monoisotopic (exact) mass is 602 g/mol. The maximum Gasteiger partial charge on any atom is 0.338 e. The van der Waals surface area contributed by atoms with Crippen molar-refractivity contribution in [1.29, 1.82) is 0 Å². The van der Waals surface area contributed by atoms with Crippen LogP contribution in [-0.4, -0.2) is 43.5 Å². The Morgan fingerprint density at radius 1 is 0.682 bits per heavy atom. The summed E-state index contributed by atoms with van der Waals surface area (Å²) in [7, 11) is 0. The minimum Gasteiger partial charge on any atom is -0.505 e. The number of hydrogen-bond donors (Lipinski definition) is 1. The summed E-state index contributed by atoms with van der Waals surface area (Å²) in [5.41, 5.74) is 1.75. The van der Waals surface area contributed by atoms with Crippen molar-refractivity contribution in [2.75, 3.05) is 26.4 Å². The predicted octanol–water partition coefficient (Wildman–Crippen LogP) is 7.40. The number of carbonyl (C=O) groups is 2. The van der Waals surface area contributed by atoms with Crippen molar-refractivity contribution in [2.45, 2.75) is 51.4 Å². The Hall–Kier alpha value is -4.77. The third-order valence-corrected chi connectivity index (χ3v) is 6.50. The molecule has 7 nitrogen and oxygen atoms in total. The first kappa shape index (κ1) is 33.7. The minimum absolute atomic E-state index is 0.347. The van der Waals surface area contributed by atoms with Crippen LogP contribution in [0.25, 0.3) is 0 Å². The molecule has 0 aliphatic carbocycles. The van der Waals surface area contributed by atoms with Gasteiger partial charge in [0.2, 0.25) is 0 Å². The molecule has 0 radical (unpaired) electrons. The van der Waals surface area contributed by atoms with Gasteiger partial charge in [-0.25, -0.2) is 14.0 Å². The van der Waals surface area contributed by atoms with Crippen molar-refractivity contribution in [3.8, 4) is 29.1 Å². The maximum absolute atomic E-state index is 13.4. The molecule has 0 atom stereocenters. The highest BCUT2D eigenvalue weighted by Gasteiger charge is 2.07. The molecule has 1 N–H and O–H groups in total. The fourth-order valence-corrected chi connectivity index (χ4v) is 4.03. The highest BCUT2D eigenvalue weighted by molar-refractivity contribution is 5.89. The Morgan fingerprint density at radius 2 is 1.18 bits per heavy atom. The Kier molecular flexibility index (Phi) is 14.9. The van der Waals surface area contributed by atoms with Crippen molar-refractivity contribution in [3.05, 3.63) is 102 Å². The topological polar surface area (TPSA) is 91.3 Å². The van der Waals surface area contributed by atoms with Gasteiger partial charge in [-0.2, -0.15) is 0 Å². The summed E-state index contributed by atoms with van der Waals surface area (Å²) in [6.45, 7) is 5.29. The Balaban J connectivity index is 1.19. The fraction of sp³-hybridized carbons (Fsp3) is 0.333. The predicted molar refractivity (Wildman–Crippen MR) is 166 cm³/mol. The number of phenolic OH excluding ortho intramolecular Hbond substituents is 1. The van der Waals surface area contributed by atoms with E-state index in [2.05, 4.69) is 18.4 Å². The molecule has 0 aromatic heterocycles. The minimum atomic E-state index is -0.696. The SMILES string of the molecule is C=CC(=O)OCCCCCCOc1ccc(C(=O)OCCCCCCOc2ccc(C#Cc3ccc(O)c(F)c3)cc2)cc1. The Labute approximate surface area is 258 Å². The number of carbonyl (C=O) groups excluding carboxylic acids is 2. The van der Waals surface area contributed by atoms with Crippen LogP contribution in [0.2, 0.25) is 0 Å². The Morgan fingerprint density at radius 3 is 1.75 bits per heavy atom. The summed E-state index contributed by atoms with van der Waals surface area (Å²) in [5.74, 6) is 5.46. The van der Waals surface area contributed by atoms with Crippen LogP contribution in [0.15, 0.2) is 79.4 Å². The average molecular weight is 603 g/mol. The van der Waals surface area contributed by atoms with Crippen LogP contribution in [0.3, 0.4) is 0 Å². The van der Waals surface area contributed by atoms with Gasteiger partial charge in [0.1, 0.15) is 11.5 Å². The summed E-state index contributed by atoms with van der Waals surface area (Å²) in [5, 5.41) is 9.26. The van der Waals surface area contributed by atoms with Gasteiger partial charge in [-0.15, -0.1) is 0 Å². The summed E-state index contributed by atoms with van der Waals surface area (Å²) in [6, 6.07) is 18.4. The highest BCUT2D eigenvalue weighted by atomic mass is 19.1. The molecule has 0 saturated heterocycles. The standard InChI is InChI=1S/C36H39FO7/c1-2-35(39)43-25-9-5-3-7-24-42-32-20-16-30(17-21-32)36(40)44-26-10-6-4-8-23-41-31-18-13-28(14-19-31)11-12-29-15-22-34(38)33(37)27-29/h2,13-22,27,38H,1,3-10,23-26H2. The molecule has 0 fully saturated rings. The van der Waals surface area contributed by atoms with Gasteiger partial charge in [-0.1, -0.05) is 18.4 Å². The number of benzene rings is 3. The van der Waals surface area contributed by atoms with Gasteiger partial charge >= 0.3 is 11.9 Å². The first-order valence-electron chi connectivity index (χ1n) is 14.9. The van der Waals surface area contributed by atoms with Crippen LogP contribution in [-0.2, 0) is 14.3 Å². The molecule has 0 amide bonds. The van der Waals surface area contributed by atoms with E-state index >= 15 is 0 Å². The third kappa shape index (κ3) is 13.0. The van der Waals surface area contributed by atoms with E-state index in [4.69, 9.17) is 18.9 Å². The second-order valence-corrected chi connectivity index (χ2v) is 10.00. The maximum atomic E-state index is 13.4. The highest BCUT2D eigenvalue weighted by Crippen LogP contribution is 2.17. The van der Waals surface area contributed by atoms with Crippen molar-refractivity contribution in [3.63, 3.8) is 0 Å². The number of halogens is 1. The van der Waals surface area contributed by atoms with Crippen LogP contribution in [0.5, 0.6) is 17.2 Å². The molecule has 0 heterocycles. The molecule has 0 aliphatic rings. The van der Waals surface area contributed by atoms with E-state index in [-0.39, 0.29) is 5.97 Å². The molecule has 0 aliphatic heterocycles. The van der Waals surface area contributed by atoms with Crippen LogP contribution in [0, 0.1) is 17.7 Å². The zero-order valence-corrected chi connectivity index (χ0v) is 24.9. The number of phenols is 1. The van der Waals surface area contributed by atoms with Gasteiger partial charge in [-0.3, -0.25) is 0 Å². The van der Waals surface area contributed by atoms with Crippen LogP contribution in [0.4, 0.5) is 4.39 Å². The van der Waals surface area contributed by atoms with E-state index in [1.807, 2.05) is 24.3 Å². The van der Waals surface area contributed by atoms with Gasteiger partial charge in [0.05, 0.1) is 32.0 Å². The van der Waals surface area contributed by atoms with E-state index < -0.39 is 17.5 Å². The first-order valence-corrected chi connectivity index (χ1v) is 14.9. The fourth-order valence-electron chi connectivity index (χ4n) is 4.03. The number of esters is 2. The molecular formula is C36H39FO7. The van der Waals surface area contributed by atoms with Crippen molar-refractivity contribution >= 4 is 11.9 Å². The summed E-state index contributed by atoms with van der Waals surface area (Å²) < 4.78 is 35.3. The van der Waals surface area contributed by atoms with Gasteiger partial charge in [0.15, 0.2) is 11.6 Å². The average Bonchev–Trinajstić information content (AvgIpc) is 3.04. The number of aromatic hydroxyl groups is 1. The van der Waals surface area contributed by atoms with Crippen LogP contribution >= 0.6 is 0 Å². The van der Waals surface area contributed by atoms with E-state index in [0.717, 1.165) is 68.8 Å². The normalized spacial score (nSPS) is 10.3. The second-order valence-electron chi connectivity index (χ2n) is 10.00. The lowest BCUT2D eigenvalue weighted by Gasteiger charge is -2.08. The molecular weight excluding hydrogens is 563 g/mol. The molecule has 0 bridgehead atoms. The first-order chi connectivity index (χ1) is 21.4. The lowest BCUT2D eigenvalue weighted by Crippen LogP contribution is -2.07. The number of ether oxygens (including phenoxy) is 4. The molecule has 3 aromatic carbocycles. The van der Waals surface area contributed by atoms with E-state index in [0.29, 0.717) is 43.3 Å². The second kappa shape index (κ2) is 19.4. The summed E-state index contributed by atoms with van der Waals surface area (Å²) >= 11 is 0. The molecule has 8 heteroatoms. The smallest absolute Gasteiger partial charge is 0.338 e. The summed E-state index contributed by atoms with van der Waals surface area (Å²) in [6.07, 6.45) is 8.34. The van der Waals surface area contributed by atoms with E-state index in [1.54, 1.807) is 30.3 Å². The van der Waals surface area contributed by atoms with Crippen LogP contribution in [0.1, 0.15) is 72.9 Å². The van der Waals surface area contributed by atoms with Gasteiger partial charge in [0.25, 0.3) is 0 Å². The summed E-state index contributed by atoms with van der Waals surface area (Å²) in [4.78, 5) is 23.3. The van der Waals surface area contributed by atoms with Gasteiger partial charge in [0, 0.05) is 17.2 Å². The Bertz CT molecular complexity index is 1390. The molecule has 44 heavy (non-hydrogen) atoms. The van der Waals surface area contributed by atoms with E-state index in [1.165, 1.54) is 12.1 Å². The van der Waals surface area contributed by atoms with Crippen LogP contribution < -0.4 is 9.47 Å². The third-order valence-electron chi connectivity index (χ3n) is 6.50. The van der Waals surface area contributed by atoms with Crippen molar-refractivity contribution in [2.24, 2.45) is 0 Å².